The van der Waals surface area contributed by atoms with Crippen LogP contribution in [-0.4, -0.2) is 44.4 Å². The zero-order chi connectivity index (χ0) is 13.7. The van der Waals surface area contributed by atoms with E-state index in [0.717, 1.165) is 12.8 Å². The van der Waals surface area contributed by atoms with Gasteiger partial charge in [-0.15, -0.1) is 0 Å². The lowest BCUT2D eigenvalue weighted by molar-refractivity contribution is -0.144. The maximum Gasteiger partial charge on any atom is 0.329 e. The minimum absolute atomic E-state index is 0.372. The average Bonchev–Trinajstić information content (AvgIpc) is 3.00. The molecule has 1 aliphatic carbocycles. The summed E-state index contributed by atoms with van der Waals surface area (Å²) in [4.78, 5) is 26.9. The molecule has 1 aromatic heterocycles. The minimum Gasteiger partial charge on any atom is -0.480 e. The Morgan fingerprint density at radius 3 is 2.74 bits per heavy atom. The maximum atomic E-state index is 11.7. The summed E-state index contributed by atoms with van der Waals surface area (Å²) in [6.45, 7) is 0.372. The second-order valence-electron chi connectivity index (χ2n) is 4.66. The Hall–Kier alpha value is -2.12. The van der Waals surface area contributed by atoms with Crippen LogP contribution in [0, 0.1) is 0 Å². The van der Waals surface area contributed by atoms with Crippen molar-refractivity contribution in [2.45, 2.75) is 37.6 Å². The molecule has 0 aliphatic heterocycles. The predicted molar refractivity (Wildman–Crippen MR) is 65.5 cm³/mol. The third-order valence-electron chi connectivity index (χ3n) is 3.33. The summed E-state index contributed by atoms with van der Waals surface area (Å²) in [5.41, 5.74) is -1.10. The Labute approximate surface area is 110 Å². The summed E-state index contributed by atoms with van der Waals surface area (Å²) < 4.78 is 0. The highest BCUT2D eigenvalue weighted by Crippen LogP contribution is 2.29. The molecule has 1 aliphatic rings. The number of urea groups is 1. The third kappa shape index (κ3) is 3.21. The summed E-state index contributed by atoms with van der Waals surface area (Å²) in [5.74, 6) is -0.288. The number of aromatic nitrogens is 3. The van der Waals surface area contributed by atoms with Crippen LogP contribution in [0.4, 0.5) is 4.79 Å². The van der Waals surface area contributed by atoms with E-state index >= 15 is 0 Å². The largest absolute Gasteiger partial charge is 0.480 e. The minimum atomic E-state index is -1.10. The standard InChI is InChI=1S/C11H17N5O3/c17-9(18)11(4-1-2-5-11)15-10(19)12-6-3-8-13-7-14-16-8/h7H,1-6H2,(H,17,18)(H2,12,15,19)(H,13,14,16). The van der Waals surface area contributed by atoms with Gasteiger partial charge in [0.15, 0.2) is 0 Å². The van der Waals surface area contributed by atoms with Gasteiger partial charge in [-0.25, -0.2) is 14.6 Å². The van der Waals surface area contributed by atoms with Gasteiger partial charge in [-0.2, -0.15) is 5.10 Å². The number of carbonyl (C=O) groups excluding carboxylic acids is 1. The van der Waals surface area contributed by atoms with Crippen LogP contribution in [0.25, 0.3) is 0 Å². The average molecular weight is 267 g/mol. The molecular formula is C11H17N5O3. The van der Waals surface area contributed by atoms with Gasteiger partial charge in [-0.3, -0.25) is 5.10 Å². The van der Waals surface area contributed by atoms with E-state index in [9.17, 15) is 14.7 Å². The molecule has 2 amide bonds. The smallest absolute Gasteiger partial charge is 0.329 e. The van der Waals surface area contributed by atoms with Gasteiger partial charge < -0.3 is 15.7 Å². The number of aliphatic carboxylic acids is 1. The molecule has 0 unspecified atom stereocenters. The van der Waals surface area contributed by atoms with Crippen molar-refractivity contribution in [1.82, 2.24) is 25.8 Å². The van der Waals surface area contributed by atoms with Crippen LogP contribution in [-0.2, 0) is 11.2 Å². The second kappa shape index (κ2) is 5.68. The quantitative estimate of drug-likeness (QED) is 0.600. The van der Waals surface area contributed by atoms with Crippen molar-refractivity contribution in [3.05, 3.63) is 12.2 Å². The lowest BCUT2D eigenvalue weighted by atomic mass is 9.98. The SMILES string of the molecule is O=C(NCCc1ncn[nH]1)NC1(C(=O)O)CCCC1. The molecule has 2 rings (SSSR count). The van der Waals surface area contributed by atoms with E-state index in [1.54, 1.807) is 0 Å². The monoisotopic (exact) mass is 267 g/mol. The topological polar surface area (TPSA) is 120 Å². The maximum absolute atomic E-state index is 11.7. The van der Waals surface area contributed by atoms with Crippen LogP contribution in [0.3, 0.4) is 0 Å². The van der Waals surface area contributed by atoms with Gasteiger partial charge >= 0.3 is 12.0 Å². The van der Waals surface area contributed by atoms with E-state index < -0.39 is 17.5 Å². The number of H-pyrrole nitrogens is 1. The number of nitrogens with one attached hydrogen (secondary N) is 3. The fourth-order valence-corrected chi connectivity index (χ4v) is 2.28. The lowest BCUT2D eigenvalue weighted by Gasteiger charge is -2.25. The van der Waals surface area contributed by atoms with E-state index in [2.05, 4.69) is 25.8 Å². The number of hydrogen-bond donors (Lipinski definition) is 4. The highest BCUT2D eigenvalue weighted by Gasteiger charge is 2.42. The van der Waals surface area contributed by atoms with Crippen LogP contribution in [0.15, 0.2) is 6.33 Å². The Morgan fingerprint density at radius 2 is 2.16 bits per heavy atom. The van der Waals surface area contributed by atoms with Gasteiger partial charge in [0.1, 0.15) is 17.7 Å². The van der Waals surface area contributed by atoms with Crippen LogP contribution in [0.1, 0.15) is 31.5 Å². The van der Waals surface area contributed by atoms with E-state index in [-0.39, 0.29) is 0 Å². The van der Waals surface area contributed by atoms with Crippen LogP contribution in [0.5, 0.6) is 0 Å². The number of carboxylic acid groups (broad SMARTS) is 1. The number of carbonyl (C=O) groups is 2. The number of nitrogens with zero attached hydrogens (tertiary/aromatic N) is 2. The van der Waals surface area contributed by atoms with Gasteiger partial charge in [-0.05, 0) is 12.8 Å². The molecular weight excluding hydrogens is 250 g/mol. The fourth-order valence-electron chi connectivity index (χ4n) is 2.28. The Balaban J connectivity index is 1.78. The van der Waals surface area contributed by atoms with E-state index in [0.29, 0.717) is 31.6 Å². The van der Waals surface area contributed by atoms with Crippen LogP contribution in [0.2, 0.25) is 0 Å². The van der Waals surface area contributed by atoms with Crippen molar-refractivity contribution in [1.29, 1.82) is 0 Å². The third-order valence-corrected chi connectivity index (χ3v) is 3.33. The predicted octanol–water partition coefficient (Wildman–Crippen LogP) is 0.0438. The fraction of sp³-hybridized carbons (Fsp3) is 0.636. The number of carboxylic acids is 1. The van der Waals surface area contributed by atoms with E-state index in [4.69, 9.17) is 0 Å². The summed E-state index contributed by atoms with van der Waals surface area (Å²) in [7, 11) is 0. The lowest BCUT2D eigenvalue weighted by Crippen LogP contribution is -2.55. The number of rotatable bonds is 5. The second-order valence-corrected chi connectivity index (χ2v) is 4.66. The van der Waals surface area contributed by atoms with Crippen LogP contribution < -0.4 is 10.6 Å². The van der Waals surface area contributed by atoms with Crippen molar-refractivity contribution in [3.63, 3.8) is 0 Å². The first-order chi connectivity index (χ1) is 9.12. The number of amides is 2. The van der Waals surface area contributed by atoms with Crippen molar-refractivity contribution in [3.8, 4) is 0 Å². The Bertz CT molecular complexity index is 439. The molecule has 0 saturated heterocycles. The molecule has 104 valence electrons. The number of hydrogen-bond acceptors (Lipinski definition) is 4. The van der Waals surface area contributed by atoms with Gasteiger partial charge in [0.05, 0.1) is 0 Å². The zero-order valence-corrected chi connectivity index (χ0v) is 10.5. The normalized spacial score (nSPS) is 17.1. The summed E-state index contributed by atoms with van der Waals surface area (Å²) in [6.07, 6.45) is 4.53. The van der Waals surface area contributed by atoms with Crippen molar-refractivity contribution >= 4 is 12.0 Å². The molecule has 1 fully saturated rings. The van der Waals surface area contributed by atoms with E-state index in [1.807, 2.05) is 0 Å². The number of aromatic amines is 1. The molecule has 0 spiro atoms. The highest BCUT2D eigenvalue weighted by atomic mass is 16.4. The molecule has 4 N–H and O–H groups in total. The summed E-state index contributed by atoms with van der Waals surface area (Å²) in [6, 6.07) is -0.455. The molecule has 0 bridgehead atoms. The molecule has 0 radical (unpaired) electrons. The Morgan fingerprint density at radius 1 is 1.42 bits per heavy atom. The molecule has 1 aromatic rings. The van der Waals surface area contributed by atoms with Crippen molar-refractivity contribution in [2.75, 3.05) is 6.54 Å². The first-order valence-electron chi connectivity index (χ1n) is 6.26. The molecule has 1 saturated carbocycles. The summed E-state index contributed by atoms with van der Waals surface area (Å²) >= 11 is 0. The zero-order valence-electron chi connectivity index (χ0n) is 10.5. The molecule has 8 nitrogen and oxygen atoms in total. The van der Waals surface area contributed by atoms with Gasteiger partial charge in [-0.1, -0.05) is 12.8 Å². The Kier molecular flexibility index (Phi) is 3.98. The first kappa shape index (κ1) is 13.3. The molecule has 19 heavy (non-hydrogen) atoms. The van der Waals surface area contributed by atoms with Crippen LogP contribution >= 0.6 is 0 Å². The first-order valence-corrected chi connectivity index (χ1v) is 6.26. The molecule has 0 atom stereocenters. The highest BCUT2D eigenvalue weighted by molar-refractivity contribution is 5.86. The van der Waals surface area contributed by atoms with Gasteiger partial charge in [0, 0.05) is 13.0 Å². The van der Waals surface area contributed by atoms with Gasteiger partial charge in [0.2, 0.25) is 0 Å². The van der Waals surface area contributed by atoms with Crippen molar-refractivity contribution in [2.24, 2.45) is 0 Å². The molecule has 0 aromatic carbocycles. The van der Waals surface area contributed by atoms with Gasteiger partial charge in [0.25, 0.3) is 0 Å². The van der Waals surface area contributed by atoms with E-state index in [1.165, 1.54) is 6.33 Å². The van der Waals surface area contributed by atoms with Crippen molar-refractivity contribution < 1.29 is 14.7 Å². The molecule has 8 heteroatoms. The molecule has 1 heterocycles. The summed E-state index contributed by atoms with van der Waals surface area (Å²) in [5, 5.41) is 20.8.